The first kappa shape index (κ1) is 14.6. The van der Waals surface area contributed by atoms with Gasteiger partial charge in [0.2, 0.25) is 0 Å². The SMILES string of the molecule is CCOc1ccc2nc(NCC3CCC(C)CC3)sc2c1. The molecule has 1 aromatic carbocycles. The molecule has 0 atom stereocenters. The molecule has 3 rings (SSSR count). The molecule has 0 spiro atoms. The maximum Gasteiger partial charge on any atom is 0.183 e. The molecular weight excluding hydrogens is 280 g/mol. The summed E-state index contributed by atoms with van der Waals surface area (Å²) in [6.07, 6.45) is 5.47. The van der Waals surface area contributed by atoms with Crippen molar-refractivity contribution in [1.29, 1.82) is 0 Å². The fourth-order valence-electron chi connectivity index (χ4n) is 3.00. The van der Waals surface area contributed by atoms with Gasteiger partial charge in [0.1, 0.15) is 5.75 Å². The van der Waals surface area contributed by atoms with Gasteiger partial charge in [-0.1, -0.05) is 31.1 Å². The zero-order valence-electron chi connectivity index (χ0n) is 12.9. The van der Waals surface area contributed by atoms with E-state index >= 15 is 0 Å². The molecule has 1 aliphatic carbocycles. The molecule has 114 valence electrons. The first-order valence-electron chi connectivity index (χ1n) is 8.02. The Morgan fingerprint density at radius 3 is 2.86 bits per heavy atom. The Morgan fingerprint density at radius 2 is 2.10 bits per heavy atom. The van der Waals surface area contributed by atoms with E-state index in [2.05, 4.69) is 23.3 Å². The highest BCUT2D eigenvalue weighted by Crippen LogP contribution is 2.31. The Morgan fingerprint density at radius 1 is 1.29 bits per heavy atom. The second-order valence-electron chi connectivity index (χ2n) is 6.09. The van der Waals surface area contributed by atoms with Gasteiger partial charge in [-0.25, -0.2) is 4.98 Å². The molecule has 1 fully saturated rings. The number of hydrogen-bond donors (Lipinski definition) is 1. The van der Waals surface area contributed by atoms with Gasteiger partial charge in [-0.15, -0.1) is 0 Å². The number of nitrogens with zero attached hydrogens (tertiary/aromatic N) is 1. The summed E-state index contributed by atoms with van der Waals surface area (Å²) in [7, 11) is 0. The van der Waals surface area contributed by atoms with E-state index < -0.39 is 0 Å². The minimum atomic E-state index is 0.704. The molecule has 1 aliphatic rings. The lowest BCUT2D eigenvalue weighted by atomic mass is 9.83. The van der Waals surface area contributed by atoms with Crippen molar-refractivity contribution in [3.8, 4) is 5.75 Å². The molecule has 4 heteroatoms. The zero-order chi connectivity index (χ0) is 14.7. The van der Waals surface area contributed by atoms with E-state index in [1.165, 1.54) is 30.4 Å². The third-order valence-electron chi connectivity index (χ3n) is 4.35. The number of nitrogens with one attached hydrogen (secondary N) is 1. The van der Waals surface area contributed by atoms with E-state index in [4.69, 9.17) is 4.74 Å². The Bertz CT molecular complexity index is 587. The molecular formula is C17H24N2OS. The topological polar surface area (TPSA) is 34.1 Å². The lowest BCUT2D eigenvalue weighted by molar-refractivity contribution is 0.300. The quantitative estimate of drug-likeness (QED) is 0.850. The number of aromatic nitrogens is 1. The van der Waals surface area contributed by atoms with E-state index in [9.17, 15) is 0 Å². The lowest BCUT2D eigenvalue weighted by Crippen LogP contribution is -2.20. The highest BCUT2D eigenvalue weighted by atomic mass is 32.1. The number of ether oxygens (including phenoxy) is 1. The maximum absolute atomic E-state index is 5.55. The number of rotatable bonds is 5. The Hall–Kier alpha value is -1.29. The van der Waals surface area contributed by atoms with Crippen molar-refractivity contribution >= 4 is 26.7 Å². The third-order valence-corrected chi connectivity index (χ3v) is 5.32. The van der Waals surface area contributed by atoms with Crippen LogP contribution in [0.4, 0.5) is 5.13 Å². The fourth-order valence-corrected chi connectivity index (χ4v) is 3.90. The van der Waals surface area contributed by atoms with Crippen LogP contribution >= 0.6 is 11.3 Å². The summed E-state index contributed by atoms with van der Waals surface area (Å²) in [5.41, 5.74) is 1.06. The van der Waals surface area contributed by atoms with Gasteiger partial charge in [0.25, 0.3) is 0 Å². The van der Waals surface area contributed by atoms with Gasteiger partial charge < -0.3 is 10.1 Å². The number of thiazole rings is 1. The smallest absolute Gasteiger partial charge is 0.183 e. The van der Waals surface area contributed by atoms with Crippen LogP contribution < -0.4 is 10.1 Å². The molecule has 2 aromatic rings. The third kappa shape index (κ3) is 3.67. The largest absolute Gasteiger partial charge is 0.494 e. The van der Waals surface area contributed by atoms with E-state index in [1.54, 1.807) is 11.3 Å². The van der Waals surface area contributed by atoms with E-state index in [0.717, 1.165) is 34.8 Å². The summed E-state index contributed by atoms with van der Waals surface area (Å²) >= 11 is 1.72. The summed E-state index contributed by atoms with van der Waals surface area (Å²) in [5, 5.41) is 4.58. The van der Waals surface area contributed by atoms with Crippen molar-refractivity contribution in [1.82, 2.24) is 4.98 Å². The van der Waals surface area contributed by atoms with Crippen molar-refractivity contribution in [3.05, 3.63) is 18.2 Å². The van der Waals surface area contributed by atoms with Crippen LogP contribution in [0.1, 0.15) is 39.5 Å². The minimum absolute atomic E-state index is 0.704. The van der Waals surface area contributed by atoms with Crippen molar-refractivity contribution in [3.63, 3.8) is 0 Å². The van der Waals surface area contributed by atoms with E-state index in [1.807, 2.05) is 19.1 Å². The first-order valence-corrected chi connectivity index (χ1v) is 8.83. The zero-order valence-corrected chi connectivity index (χ0v) is 13.7. The second kappa shape index (κ2) is 6.65. The average molecular weight is 304 g/mol. The van der Waals surface area contributed by atoms with Gasteiger partial charge in [-0.05, 0) is 49.8 Å². The number of fused-ring (bicyclic) bond motifs is 1. The Labute approximate surface area is 130 Å². The van der Waals surface area contributed by atoms with Crippen LogP contribution in [0.5, 0.6) is 5.75 Å². The van der Waals surface area contributed by atoms with E-state index in [-0.39, 0.29) is 0 Å². The summed E-state index contributed by atoms with van der Waals surface area (Å²) in [6.45, 7) is 6.14. The van der Waals surface area contributed by atoms with Gasteiger partial charge >= 0.3 is 0 Å². The highest BCUT2D eigenvalue weighted by Gasteiger charge is 2.18. The minimum Gasteiger partial charge on any atom is -0.494 e. The number of benzene rings is 1. The van der Waals surface area contributed by atoms with Crippen molar-refractivity contribution in [2.24, 2.45) is 11.8 Å². The van der Waals surface area contributed by atoms with Gasteiger partial charge in [-0.3, -0.25) is 0 Å². The van der Waals surface area contributed by atoms with Crippen molar-refractivity contribution in [2.75, 3.05) is 18.5 Å². The van der Waals surface area contributed by atoms with E-state index in [0.29, 0.717) is 6.61 Å². The summed E-state index contributed by atoms with van der Waals surface area (Å²) < 4.78 is 6.74. The molecule has 1 saturated carbocycles. The molecule has 3 nitrogen and oxygen atoms in total. The Balaban J connectivity index is 1.61. The van der Waals surface area contributed by atoms with Crippen LogP contribution in [0, 0.1) is 11.8 Å². The molecule has 1 aromatic heterocycles. The van der Waals surface area contributed by atoms with Crippen molar-refractivity contribution in [2.45, 2.75) is 39.5 Å². The van der Waals surface area contributed by atoms with Gasteiger partial charge in [-0.2, -0.15) is 0 Å². The molecule has 0 aliphatic heterocycles. The maximum atomic E-state index is 5.55. The number of anilines is 1. The predicted octanol–water partition coefficient (Wildman–Crippen LogP) is 4.93. The van der Waals surface area contributed by atoms with Crippen LogP contribution in [0.25, 0.3) is 10.2 Å². The standard InChI is InChI=1S/C17H24N2OS/c1-3-20-14-8-9-15-16(10-14)21-17(19-15)18-11-13-6-4-12(2)5-7-13/h8-10,12-13H,3-7,11H2,1-2H3,(H,18,19). The van der Waals surface area contributed by atoms with Crippen LogP contribution in [0.3, 0.4) is 0 Å². The second-order valence-corrected chi connectivity index (χ2v) is 7.12. The average Bonchev–Trinajstić information content (AvgIpc) is 2.89. The lowest BCUT2D eigenvalue weighted by Gasteiger charge is -2.26. The summed E-state index contributed by atoms with van der Waals surface area (Å²) in [6, 6.07) is 6.13. The van der Waals surface area contributed by atoms with Gasteiger partial charge in [0, 0.05) is 6.54 Å². The molecule has 0 saturated heterocycles. The molecule has 1 N–H and O–H groups in total. The molecule has 0 unspecified atom stereocenters. The molecule has 0 bridgehead atoms. The molecule has 21 heavy (non-hydrogen) atoms. The highest BCUT2D eigenvalue weighted by molar-refractivity contribution is 7.22. The van der Waals surface area contributed by atoms with Crippen molar-refractivity contribution < 1.29 is 4.74 Å². The van der Waals surface area contributed by atoms with Crippen LogP contribution in [0.15, 0.2) is 18.2 Å². The predicted molar refractivity (Wildman–Crippen MR) is 90.4 cm³/mol. The number of hydrogen-bond acceptors (Lipinski definition) is 4. The first-order chi connectivity index (χ1) is 10.2. The van der Waals surface area contributed by atoms with Crippen LogP contribution in [-0.2, 0) is 0 Å². The molecule has 1 heterocycles. The molecule has 0 amide bonds. The van der Waals surface area contributed by atoms with Crippen LogP contribution in [0.2, 0.25) is 0 Å². The monoisotopic (exact) mass is 304 g/mol. The van der Waals surface area contributed by atoms with Crippen LogP contribution in [-0.4, -0.2) is 18.1 Å². The summed E-state index contributed by atoms with van der Waals surface area (Å²) in [5.74, 6) is 2.66. The van der Waals surface area contributed by atoms with Gasteiger partial charge in [0.15, 0.2) is 5.13 Å². The fraction of sp³-hybridized carbons (Fsp3) is 0.588. The normalized spacial score (nSPS) is 22.4. The Kier molecular flexibility index (Phi) is 4.63. The summed E-state index contributed by atoms with van der Waals surface area (Å²) in [4.78, 5) is 4.67. The van der Waals surface area contributed by atoms with Gasteiger partial charge in [0.05, 0.1) is 16.8 Å². The molecule has 0 radical (unpaired) electrons.